The van der Waals surface area contributed by atoms with E-state index in [4.69, 9.17) is 23.7 Å². The molecule has 0 radical (unpaired) electrons. The molecule has 1 amide bonds. The molecule has 12 atom stereocenters. The summed E-state index contributed by atoms with van der Waals surface area (Å²) in [5.74, 6) is -7.77. The lowest BCUT2D eigenvalue weighted by molar-refractivity contribution is -0.180. The lowest BCUT2D eigenvalue weighted by atomic mass is 9.57. The van der Waals surface area contributed by atoms with Crippen LogP contribution in [0.4, 0.5) is 8.78 Å². The van der Waals surface area contributed by atoms with Crippen LogP contribution in [0.3, 0.4) is 0 Å². The number of aliphatic hydroxyl groups excluding tert-OH is 1. The minimum atomic E-state index is -1.34. The number of esters is 3. The molecule has 0 aromatic heterocycles. The van der Waals surface area contributed by atoms with Crippen molar-refractivity contribution in [2.24, 2.45) is 29.6 Å². The van der Waals surface area contributed by atoms with Crippen molar-refractivity contribution in [3.63, 3.8) is 0 Å². The molecule has 2 aliphatic heterocycles. The van der Waals surface area contributed by atoms with Gasteiger partial charge in [-0.3, -0.25) is 4.79 Å². The molecule has 4 bridgehead atoms. The Bertz CT molecular complexity index is 1680. The first-order valence-electron chi connectivity index (χ1n) is 17.2. The normalized spacial score (nSPS) is 36.9. The standard InChI is InChI=1S/C38H43F2NO10/c1-18-15-19(2)38-23(13-14-24-29(38)30(42)20(3)32(33(24)51-38)50-35(44)22-9-6-7-10-22)16-28(47-5)36(45)49-31(18)21(4)48-37(46)34(43)41-17-25-26(39)11-8-12-27(25)40/h6-9,11-15,18,20-21,23-24,28-33,42H,10,16-17H2,1-5H3,(H,41,43)/b19-15+/t18-,20-,21-,23-,24?,28+,29?,30?,31+,32-,33-,38+/m1/s1. The summed E-state index contributed by atoms with van der Waals surface area (Å²) < 4.78 is 58.1. The van der Waals surface area contributed by atoms with Crippen LogP contribution in [0.2, 0.25) is 0 Å². The van der Waals surface area contributed by atoms with E-state index in [1.807, 2.05) is 38.2 Å². The van der Waals surface area contributed by atoms with Gasteiger partial charge in [0.2, 0.25) is 0 Å². The van der Waals surface area contributed by atoms with E-state index in [2.05, 4.69) is 5.32 Å². The number of rotatable bonds is 7. The SMILES string of the molecule is CO[C@H]1C[C@H]2C=CC3C4C(O)[C@@H](C)[C@@H](OC(=O)C5=CC=CC5)[C@@H]3O[C@]42/C(C)=C/[C@@H](C)[C@@H]([C@@H](C)OC(=O)C(=O)NCc2c(F)cccc2F)OC1=O. The summed E-state index contributed by atoms with van der Waals surface area (Å²) in [5.41, 5.74) is -0.267. The predicted octanol–water partition coefficient (Wildman–Crippen LogP) is 3.79. The Morgan fingerprint density at radius 3 is 2.55 bits per heavy atom. The second-order valence-electron chi connectivity index (χ2n) is 14.1. The van der Waals surface area contributed by atoms with Crippen molar-refractivity contribution in [2.75, 3.05) is 7.11 Å². The monoisotopic (exact) mass is 711 g/mol. The van der Waals surface area contributed by atoms with Crippen LogP contribution in [0.5, 0.6) is 0 Å². The number of methoxy groups -OCH3 is 1. The number of cyclic esters (lactones) is 1. The Balaban J connectivity index is 1.26. The van der Waals surface area contributed by atoms with E-state index in [1.54, 1.807) is 19.1 Å². The number of allylic oxidation sites excluding steroid dienone is 3. The molecule has 5 aliphatic rings. The first-order valence-corrected chi connectivity index (χ1v) is 17.2. The number of hydrogen-bond acceptors (Lipinski definition) is 10. The third kappa shape index (κ3) is 6.55. The van der Waals surface area contributed by atoms with Crippen LogP contribution in [0, 0.1) is 41.2 Å². The Hall–Kier alpha value is -4.20. The van der Waals surface area contributed by atoms with Gasteiger partial charge in [0.25, 0.3) is 0 Å². The van der Waals surface area contributed by atoms with Gasteiger partial charge in [-0.25, -0.2) is 23.2 Å². The zero-order valence-corrected chi connectivity index (χ0v) is 29.0. The average Bonchev–Trinajstić information content (AvgIpc) is 3.70. The molecule has 1 aromatic carbocycles. The lowest BCUT2D eigenvalue weighted by Crippen LogP contribution is -2.57. The molecule has 3 unspecified atom stereocenters. The molecule has 2 fully saturated rings. The molecule has 1 saturated heterocycles. The smallest absolute Gasteiger partial charge is 0.397 e. The van der Waals surface area contributed by atoms with E-state index < -0.39 is 113 Å². The Morgan fingerprint density at radius 1 is 1.16 bits per heavy atom. The molecule has 51 heavy (non-hydrogen) atoms. The molecule has 2 heterocycles. The second-order valence-corrected chi connectivity index (χ2v) is 14.1. The minimum absolute atomic E-state index is 0.126. The zero-order chi connectivity index (χ0) is 36.8. The van der Waals surface area contributed by atoms with Crippen molar-refractivity contribution in [3.8, 4) is 0 Å². The van der Waals surface area contributed by atoms with E-state index in [-0.39, 0.29) is 12.3 Å². The summed E-state index contributed by atoms with van der Waals surface area (Å²) in [5, 5.41) is 14.1. The van der Waals surface area contributed by atoms with Crippen molar-refractivity contribution in [3.05, 3.63) is 83.0 Å². The van der Waals surface area contributed by atoms with Gasteiger partial charge in [-0.2, -0.15) is 0 Å². The molecular weight excluding hydrogens is 668 g/mol. The summed E-state index contributed by atoms with van der Waals surface area (Å²) in [6.07, 6.45) is 6.20. The summed E-state index contributed by atoms with van der Waals surface area (Å²) in [6.45, 7) is 6.35. The predicted molar refractivity (Wildman–Crippen MR) is 176 cm³/mol. The summed E-state index contributed by atoms with van der Waals surface area (Å²) in [6, 6.07) is 3.23. The molecule has 274 valence electrons. The molecule has 13 heteroatoms. The first kappa shape index (κ1) is 36.6. The van der Waals surface area contributed by atoms with Crippen molar-refractivity contribution >= 4 is 23.8 Å². The highest BCUT2D eigenvalue weighted by Gasteiger charge is 2.69. The number of aliphatic hydroxyl groups is 1. The molecule has 6 rings (SSSR count). The maximum absolute atomic E-state index is 14.0. The van der Waals surface area contributed by atoms with E-state index in [0.29, 0.717) is 12.0 Å². The van der Waals surface area contributed by atoms with Gasteiger partial charge in [-0.05, 0) is 44.4 Å². The number of ether oxygens (including phenoxy) is 5. The van der Waals surface area contributed by atoms with Gasteiger partial charge < -0.3 is 34.1 Å². The number of carbonyl (C=O) groups is 4. The van der Waals surface area contributed by atoms with Crippen LogP contribution in [0.1, 0.15) is 46.1 Å². The van der Waals surface area contributed by atoms with Crippen molar-refractivity contribution in [2.45, 2.75) is 89.3 Å². The Morgan fingerprint density at radius 2 is 1.88 bits per heavy atom. The van der Waals surface area contributed by atoms with Gasteiger partial charge >= 0.3 is 23.8 Å². The van der Waals surface area contributed by atoms with E-state index in [0.717, 1.165) is 17.7 Å². The third-order valence-corrected chi connectivity index (χ3v) is 11.1. The number of benzene rings is 1. The van der Waals surface area contributed by atoms with Crippen LogP contribution in [0.25, 0.3) is 0 Å². The number of carbonyl (C=O) groups excluding carboxylic acids is 4. The second kappa shape index (κ2) is 14.4. The van der Waals surface area contributed by atoms with Gasteiger partial charge in [0.05, 0.1) is 6.10 Å². The largest absolute Gasteiger partial charge is 0.456 e. The van der Waals surface area contributed by atoms with Crippen molar-refractivity contribution in [1.29, 1.82) is 0 Å². The van der Waals surface area contributed by atoms with Gasteiger partial charge in [-0.15, -0.1) is 0 Å². The maximum Gasteiger partial charge on any atom is 0.397 e. The highest BCUT2D eigenvalue weighted by Crippen LogP contribution is 2.61. The van der Waals surface area contributed by atoms with Gasteiger partial charge in [0.15, 0.2) is 6.10 Å². The lowest BCUT2D eigenvalue weighted by Gasteiger charge is -2.49. The molecule has 1 aromatic rings. The van der Waals surface area contributed by atoms with E-state index in [9.17, 15) is 33.1 Å². The fraction of sp³-hybridized carbons (Fsp3) is 0.526. The highest BCUT2D eigenvalue weighted by atomic mass is 19.1. The maximum atomic E-state index is 14.0. The van der Waals surface area contributed by atoms with Crippen LogP contribution in [-0.4, -0.2) is 78.3 Å². The molecule has 11 nitrogen and oxygen atoms in total. The van der Waals surface area contributed by atoms with Crippen molar-refractivity contribution in [1.82, 2.24) is 5.32 Å². The first-order chi connectivity index (χ1) is 24.3. The highest BCUT2D eigenvalue weighted by molar-refractivity contribution is 6.32. The molecule has 1 spiro atoms. The number of amides is 1. The molecular formula is C38H43F2NO10. The Labute approximate surface area is 294 Å². The number of nitrogens with one attached hydrogen (secondary N) is 1. The van der Waals surface area contributed by atoms with Crippen LogP contribution >= 0.6 is 0 Å². The topological polar surface area (TPSA) is 147 Å². The number of hydrogen-bond donors (Lipinski definition) is 2. The zero-order valence-electron chi connectivity index (χ0n) is 29.0. The quantitative estimate of drug-likeness (QED) is 0.185. The minimum Gasteiger partial charge on any atom is -0.456 e. The summed E-state index contributed by atoms with van der Waals surface area (Å²) in [4.78, 5) is 52.1. The fourth-order valence-electron chi connectivity index (χ4n) is 8.51. The van der Waals surface area contributed by atoms with Gasteiger partial charge in [-0.1, -0.05) is 56.4 Å². The number of halogens is 2. The average molecular weight is 712 g/mol. The van der Waals surface area contributed by atoms with Crippen molar-refractivity contribution < 1.29 is 56.7 Å². The van der Waals surface area contributed by atoms with Crippen LogP contribution in [-0.2, 0) is 49.4 Å². The summed E-state index contributed by atoms with van der Waals surface area (Å²) >= 11 is 0. The van der Waals surface area contributed by atoms with Crippen LogP contribution in [0.15, 0.2) is 65.8 Å². The summed E-state index contributed by atoms with van der Waals surface area (Å²) in [7, 11) is 1.37. The van der Waals surface area contributed by atoms with Gasteiger partial charge in [0, 0.05) is 54.4 Å². The molecule has 3 aliphatic carbocycles. The van der Waals surface area contributed by atoms with E-state index >= 15 is 0 Å². The van der Waals surface area contributed by atoms with Crippen LogP contribution < -0.4 is 5.32 Å². The molecule has 2 N–H and O–H groups in total. The Kier molecular flexibility index (Phi) is 10.4. The fourth-order valence-corrected chi connectivity index (χ4v) is 8.51. The third-order valence-electron chi connectivity index (χ3n) is 11.1. The van der Waals surface area contributed by atoms with E-state index in [1.165, 1.54) is 20.1 Å². The molecule has 1 saturated carbocycles. The van der Waals surface area contributed by atoms with Gasteiger partial charge in [0.1, 0.15) is 41.7 Å².